The Bertz CT molecular complexity index is 765. The minimum atomic E-state index is -3.58. The highest BCUT2D eigenvalue weighted by molar-refractivity contribution is 7.92. The summed E-state index contributed by atoms with van der Waals surface area (Å²) in [5.41, 5.74) is 2.53. The van der Waals surface area contributed by atoms with Crippen LogP contribution >= 0.6 is 11.6 Å². The maximum atomic E-state index is 14.0. The molecule has 0 saturated heterocycles. The second kappa shape index (κ2) is 6.26. The smallest absolute Gasteiger partial charge is 0.232 e. The maximum Gasteiger partial charge on any atom is 0.232 e. The van der Waals surface area contributed by atoms with Gasteiger partial charge in [0.05, 0.1) is 18.5 Å². The highest BCUT2D eigenvalue weighted by Crippen LogP contribution is 2.27. The van der Waals surface area contributed by atoms with E-state index in [1.165, 1.54) is 12.1 Å². The van der Waals surface area contributed by atoms with Crippen molar-refractivity contribution in [1.82, 2.24) is 0 Å². The van der Waals surface area contributed by atoms with Crippen LogP contribution < -0.4 is 4.31 Å². The molecule has 0 aromatic heterocycles. The SMILES string of the molecule is Cc1cc(C)cc(N(Cc2c(F)cccc2Cl)S(C)(=O)=O)c1. The summed E-state index contributed by atoms with van der Waals surface area (Å²) in [6.45, 7) is 3.62. The lowest BCUT2D eigenvalue weighted by Crippen LogP contribution is -2.30. The Hall–Kier alpha value is -1.59. The number of anilines is 1. The second-order valence-electron chi connectivity index (χ2n) is 5.32. The largest absolute Gasteiger partial charge is 0.266 e. The summed E-state index contributed by atoms with van der Waals surface area (Å²) in [5, 5.41) is 0.207. The van der Waals surface area contributed by atoms with Crippen LogP contribution in [0.3, 0.4) is 0 Å². The number of hydrogen-bond donors (Lipinski definition) is 0. The van der Waals surface area contributed by atoms with E-state index in [0.29, 0.717) is 5.69 Å². The first-order valence-electron chi connectivity index (χ1n) is 6.67. The van der Waals surface area contributed by atoms with E-state index in [2.05, 4.69) is 0 Å². The Morgan fingerprint density at radius 1 is 1.14 bits per heavy atom. The Labute approximate surface area is 135 Å². The molecular weight excluding hydrogens is 325 g/mol. The first kappa shape index (κ1) is 16.8. The van der Waals surface area contributed by atoms with Crippen molar-refractivity contribution in [3.05, 3.63) is 63.9 Å². The number of nitrogens with zero attached hydrogens (tertiary/aromatic N) is 1. The molecule has 0 aliphatic heterocycles. The number of aryl methyl sites for hydroxylation is 2. The van der Waals surface area contributed by atoms with E-state index in [0.717, 1.165) is 21.7 Å². The van der Waals surface area contributed by atoms with E-state index in [9.17, 15) is 12.8 Å². The third kappa shape index (κ3) is 3.78. The molecule has 2 aromatic carbocycles. The summed E-state index contributed by atoms with van der Waals surface area (Å²) in [6, 6.07) is 9.75. The van der Waals surface area contributed by atoms with Crippen molar-refractivity contribution in [3.8, 4) is 0 Å². The molecule has 0 bridgehead atoms. The van der Waals surface area contributed by atoms with E-state index < -0.39 is 15.8 Å². The summed E-state index contributed by atoms with van der Waals surface area (Å²) in [7, 11) is -3.58. The third-order valence-electron chi connectivity index (χ3n) is 3.26. The molecule has 0 spiro atoms. The molecule has 0 atom stereocenters. The van der Waals surface area contributed by atoms with Gasteiger partial charge in [-0.15, -0.1) is 0 Å². The second-order valence-corrected chi connectivity index (χ2v) is 7.63. The normalized spacial score (nSPS) is 11.5. The topological polar surface area (TPSA) is 37.4 Å². The molecule has 0 radical (unpaired) electrons. The van der Waals surface area contributed by atoms with Crippen LogP contribution in [0.4, 0.5) is 10.1 Å². The Morgan fingerprint density at radius 3 is 2.23 bits per heavy atom. The summed E-state index contributed by atoms with van der Waals surface area (Å²) in [4.78, 5) is 0. The third-order valence-corrected chi connectivity index (χ3v) is 4.75. The van der Waals surface area contributed by atoms with Crippen molar-refractivity contribution >= 4 is 27.3 Å². The van der Waals surface area contributed by atoms with E-state index in [1.54, 1.807) is 18.2 Å². The van der Waals surface area contributed by atoms with Crippen LogP contribution in [0.2, 0.25) is 5.02 Å². The molecule has 0 aliphatic rings. The molecular formula is C16H17ClFNO2S. The molecule has 22 heavy (non-hydrogen) atoms. The molecule has 2 rings (SSSR count). The van der Waals surface area contributed by atoms with Gasteiger partial charge in [0.1, 0.15) is 5.82 Å². The van der Waals surface area contributed by atoms with Gasteiger partial charge in [-0.1, -0.05) is 23.7 Å². The van der Waals surface area contributed by atoms with Crippen molar-refractivity contribution in [2.45, 2.75) is 20.4 Å². The molecule has 0 fully saturated rings. The number of halogens is 2. The highest BCUT2D eigenvalue weighted by Gasteiger charge is 2.21. The van der Waals surface area contributed by atoms with Crippen LogP contribution in [0, 0.1) is 19.7 Å². The predicted molar refractivity (Wildman–Crippen MR) is 88.4 cm³/mol. The zero-order valence-corrected chi connectivity index (χ0v) is 14.2. The fourth-order valence-electron chi connectivity index (χ4n) is 2.32. The standard InChI is InChI=1S/C16H17ClFNO2S/c1-11-7-12(2)9-13(8-11)19(22(3,20)21)10-14-15(17)5-4-6-16(14)18/h4-9H,10H2,1-3H3. The van der Waals surface area contributed by atoms with Crippen LogP contribution in [-0.4, -0.2) is 14.7 Å². The van der Waals surface area contributed by atoms with Crippen LogP contribution in [0.1, 0.15) is 16.7 Å². The first-order chi connectivity index (χ1) is 10.2. The van der Waals surface area contributed by atoms with Gasteiger partial charge in [0.15, 0.2) is 0 Å². The van der Waals surface area contributed by atoms with Crippen molar-refractivity contribution in [2.24, 2.45) is 0 Å². The predicted octanol–water partition coefficient (Wildman–Crippen LogP) is 4.06. The monoisotopic (exact) mass is 341 g/mol. The minimum absolute atomic E-state index is 0.146. The lowest BCUT2D eigenvalue weighted by atomic mass is 10.1. The number of rotatable bonds is 4. The quantitative estimate of drug-likeness (QED) is 0.841. The molecule has 2 aromatic rings. The van der Waals surface area contributed by atoms with Gasteiger partial charge >= 0.3 is 0 Å². The van der Waals surface area contributed by atoms with Crippen LogP contribution in [0.25, 0.3) is 0 Å². The van der Waals surface area contributed by atoms with Gasteiger partial charge in [0.2, 0.25) is 10.0 Å². The van der Waals surface area contributed by atoms with Gasteiger partial charge in [0.25, 0.3) is 0 Å². The highest BCUT2D eigenvalue weighted by atomic mass is 35.5. The average Bonchev–Trinajstić information content (AvgIpc) is 2.35. The van der Waals surface area contributed by atoms with Crippen LogP contribution in [0.5, 0.6) is 0 Å². The van der Waals surface area contributed by atoms with Gasteiger partial charge < -0.3 is 0 Å². The molecule has 6 heteroatoms. The zero-order valence-electron chi connectivity index (χ0n) is 12.6. The molecule has 0 unspecified atom stereocenters. The molecule has 0 aliphatic carbocycles. The molecule has 0 amide bonds. The Balaban J connectivity index is 2.53. The average molecular weight is 342 g/mol. The number of sulfonamides is 1. The van der Waals surface area contributed by atoms with Crippen LogP contribution in [-0.2, 0) is 16.6 Å². The Kier molecular flexibility index (Phi) is 4.78. The minimum Gasteiger partial charge on any atom is -0.266 e. The number of benzene rings is 2. The zero-order chi connectivity index (χ0) is 16.5. The van der Waals surface area contributed by atoms with E-state index in [1.807, 2.05) is 19.9 Å². The fourth-order valence-corrected chi connectivity index (χ4v) is 3.40. The summed E-state index contributed by atoms with van der Waals surface area (Å²) < 4.78 is 39.4. The molecule has 0 N–H and O–H groups in total. The molecule has 118 valence electrons. The lowest BCUT2D eigenvalue weighted by Gasteiger charge is -2.24. The fraction of sp³-hybridized carbons (Fsp3) is 0.250. The van der Waals surface area contributed by atoms with E-state index >= 15 is 0 Å². The van der Waals surface area contributed by atoms with Gasteiger partial charge in [-0.25, -0.2) is 12.8 Å². The van der Waals surface area contributed by atoms with Crippen molar-refractivity contribution in [3.63, 3.8) is 0 Å². The summed E-state index contributed by atoms with van der Waals surface area (Å²) >= 11 is 6.01. The van der Waals surface area contributed by atoms with E-state index in [4.69, 9.17) is 11.6 Å². The first-order valence-corrected chi connectivity index (χ1v) is 8.90. The van der Waals surface area contributed by atoms with E-state index in [-0.39, 0.29) is 17.1 Å². The van der Waals surface area contributed by atoms with Crippen molar-refractivity contribution < 1.29 is 12.8 Å². The van der Waals surface area contributed by atoms with Gasteiger partial charge in [-0.3, -0.25) is 4.31 Å². The van der Waals surface area contributed by atoms with Crippen LogP contribution in [0.15, 0.2) is 36.4 Å². The summed E-state index contributed by atoms with van der Waals surface area (Å²) in [5.74, 6) is -0.523. The number of hydrogen-bond acceptors (Lipinski definition) is 2. The molecule has 3 nitrogen and oxygen atoms in total. The lowest BCUT2D eigenvalue weighted by molar-refractivity contribution is 0.590. The maximum absolute atomic E-state index is 14.0. The van der Waals surface area contributed by atoms with Gasteiger partial charge in [-0.05, 0) is 49.2 Å². The van der Waals surface area contributed by atoms with Crippen molar-refractivity contribution in [2.75, 3.05) is 10.6 Å². The molecule has 0 heterocycles. The molecule has 0 saturated carbocycles. The summed E-state index contributed by atoms with van der Waals surface area (Å²) in [6.07, 6.45) is 1.10. The Morgan fingerprint density at radius 2 is 1.73 bits per heavy atom. The van der Waals surface area contributed by atoms with Crippen molar-refractivity contribution in [1.29, 1.82) is 0 Å². The van der Waals surface area contributed by atoms with Gasteiger partial charge in [-0.2, -0.15) is 0 Å². The van der Waals surface area contributed by atoms with Gasteiger partial charge in [0, 0.05) is 10.6 Å².